The minimum Gasteiger partial charge on any atom is -0.302 e. The van der Waals surface area contributed by atoms with E-state index in [4.69, 9.17) is 0 Å². The highest BCUT2D eigenvalue weighted by Gasteiger charge is 2.26. The number of carbonyl (C=O) groups excluding carboxylic acids is 1. The molecule has 0 bridgehead atoms. The van der Waals surface area contributed by atoms with Crippen molar-refractivity contribution in [3.05, 3.63) is 23.8 Å². The molecule has 1 heterocycles. The van der Waals surface area contributed by atoms with E-state index in [1.165, 1.54) is 0 Å². The Morgan fingerprint density at radius 3 is 3.36 bits per heavy atom. The second-order valence-electron chi connectivity index (χ2n) is 2.63. The van der Waals surface area contributed by atoms with Gasteiger partial charge in [-0.15, -0.1) is 0 Å². The normalized spacial score (nSPS) is 32.5. The van der Waals surface area contributed by atoms with Crippen molar-refractivity contribution in [1.29, 1.82) is 0 Å². The molecule has 0 aromatic carbocycles. The Morgan fingerprint density at radius 1 is 1.64 bits per heavy atom. The van der Waals surface area contributed by atoms with Gasteiger partial charge in [0.15, 0.2) is 0 Å². The molecule has 3 nitrogen and oxygen atoms in total. The van der Waals surface area contributed by atoms with Gasteiger partial charge in [0.1, 0.15) is 6.29 Å². The van der Waals surface area contributed by atoms with E-state index in [-0.39, 0.29) is 12.0 Å². The van der Waals surface area contributed by atoms with Crippen LogP contribution in [0.25, 0.3) is 0 Å². The highest BCUT2D eigenvalue weighted by molar-refractivity contribution is 5.85. The maximum absolute atomic E-state index is 10.5. The quantitative estimate of drug-likeness (QED) is 0.542. The van der Waals surface area contributed by atoms with Crippen molar-refractivity contribution in [3.8, 4) is 0 Å². The van der Waals surface area contributed by atoms with Crippen molar-refractivity contribution in [2.45, 2.75) is 6.04 Å². The van der Waals surface area contributed by atoms with Gasteiger partial charge in [-0.3, -0.25) is 4.79 Å². The summed E-state index contributed by atoms with van der Waals surface area (Å²) >= 11 is 0. The number of hydrazone groups is 1. The third kappa shape index (κ3) is 0.888. The van der Waals surface area contributed by atoms with Crippen molar-refractivity contribution < 1.29 is 4.79 Å². The Hall–Kier alpha value is -1.38. The van der Waals surface area contributed by atoms with Gasteiger partial charge in [-0.05, 0) is 0 Å². The smallest absolute Gasteiger partial charge is 0.146 e. The summed E-state index contributed by atoms with van der Waals surface area (Å²) in [6, 6.07) is 0.195. The topological polar surface area (TPSA) is 41.5 Å². The van der Waals surface area contributed by atoms with Crippen LogP contribution in [0.1, 0.15) is 0 Å². The minimum atomic E-state index is 0.150. The number of carbonyl (C=O) groups is 1. The number of hydrogen-bond acceptors (Lipinski definition) is 3. The van der Waals surface area contributed by atoms with Crippen molar-refractivity contribution >= 4 is 12.5 Å². The van der Waals surface area contributed by atoms with Crippen molar-refractivity contribution in [1.82, 2.24) is 5.43 Å². The SMILES string of the molecule is O=CC1=CC=CC2NN=CC12. The molecule has 56 valence electrons. The molecule has 2 aliphatic rings. The van der Waals surface area contributed by atoms with E-state index in [0.717, 1.165) is 11.9 Å². The van der Waals surface area contributed by atoms with Gasteiger partial charge in [-0.1, -0.05) is 18.2 Å². The predicted molar refractivity (Wildman–Crippen MR) is 42.2 cm³/mol. The summed E-state index contributed by atoms with van der Waals surface area (Å²) in [4.78, 5) is 10.5. The Labute approximate surface area is 64.5 Å². The second-order valence-corrected chi connectivity index (χ2v) is 2.63. The summed E-state index contributed by atoms with van der Waals surface area (Å²) in [7, 11) is 0. The van der Waals surface area contributed by atoms with Crippen LogP contribution in [0.2, 0.25) is 0 Å². The molecule has 0 amide bonds. The molecule has 0 spiro atoms. The summed E-state index contributed by atoms with van der Waals surface area (Å²) in [6.45, 7) is 0. The number of rotatable bonds is 1. The number of allylic oxidation sites excluding steroid dienone is 2. The largest absolute Gasteiger partial charge is 0.302 e. The van der Waals surface area contributed by atoms with E-state index >= 15 is 0 Å². The van der Waals surface area contributed by atoms with Crippen LogP contribution in [-0.4, -0.2) is 18.5 Å². The first-order valence-electron chi connectivity index (χ1n) is 3.54. The molecule has 1 aliphatic heterocycles. The molecule has 2 rings (SSSR count). The van der Waals surface area contributed by atoms with Crippen LogP contribution >= 0.6 is 0 Å². The van der Waals surface area contributed by atoms with Crippen LogP contribution in [0.15, 0.2) is 28.9 Å². The summed E-state index contributed by atoms with van der Waals surface area (Å²) in [5.74, 6) is 0.150. The fraction of sp³-hybridized carbons (Fsp3) is 0.250. The Balaban J connectivity index is 2.32. The molecule has 0 saturated carbocycles. The first kappa shape index (κ1) is 6.34. The lowest BCUT2D eigenvalue weighted by atomic mass is 9.90. The van der Waals surface area contributed by atoms with Gasteiger partial charge in [-0.25, -0.2) is 0 Å². The fourth-order valence-corrected chi connectivity index (χ4v) is 1.35. The zero-order valence-electron chi connectivity index (χ0n) is 5.90. The van der Waals surface area contributed by atoms with Gasteiger partial charge < -0.3 is 5.43 Å². The first-order chi connectivity index (χ1) is 5.42. The third-order valence-corrected chi connectivity index (χ3v) is 1.97. The van der Waals surface area contributed by atoms with Crippen molar-refractivity contribution in [2.75, 3.05) is 0 Å². The van der Waals surface area contributed by atoms with Crippen LogP contribution in [-0.2, 0) is 4.79 Å². The maximum atomic E-state index is 10.5. The lowest BCUT2D eigenvalue weighted by Gasteiger charge is -2.16. The van der Waals surface area contributed by atoms with Crippen molar-refractivity contribution in [3.63, 3.8) is 0 Å². The van der Waals surface area contributed by atoms with Gasteiger partial charge in [-0.2, -0.15) is 5.10 Å². The van der Waals surface area contributed by atoms with Crippen LogP contribution in [0, 0.1) is 5.92 Å². The van der Waals surface area contributed by atoms with E-state index in [2.05, 4.69) is 10.5 Å². The van der Waals surface area contributed by atoms with Crippen molar-refractivity contribution in [2.24, 2.45) is 11.0 Å². The molecule has 0 saturated heterocycles. The van der Waals surface area contributed by atoms with Gasteiger partial charge >= 0.3 is 0 Å². The van der Waals surface area contributed by atoms with Gasteiger partial charge in [0.05, 0.1) is 6.04 Å². The van der Waals surface area contributed by atoms with E-state index in [1.54, 1.807) is 6.21 Å². The predicted octanol–water partition coefficient (Wildman–Crippen LogP) is 0.255. The first-order valence-corrected chi connectivity index (χ1v) is 3.54. The standard InChI is InChI=1S/C8H8N2O/c11-5-6-2-1-3-8-7(6)4-9-10-8/h1-5,7-8,10H. The summed E-state index contributed by atoms with van der Waals surface area (Å²) < 4.78 is 0. The van der Waals surface area contributed by atoms with E-state index in [9.17, 15) is 4.79 Å². The van der Waals surface area contributed by atoms with Gasteiger partial charge in [0.25, 0.3) is 0 Å². The molecular formula is C8H8N2O. The maximum Gasteiger partial charge on any atom is 0.146 e. The van der Waals surface area contributed by atoms with Crippen LogP contribution in [0.4, 0.5) is 0 Å². The minimum absolute atomic E-state index is 0.150. The zero-order chi connectivity index (χ0) is 7.68. The molecule has 1 aliphatic carbocycles. The van der Waals surface area contributed by atoms with E-state index in [1.807, 2.05) is 18.2 Å². The number of fused-ring (bicyclic) bond motifs is 1. The summed E-state index contributed by atoms with van der Waals surface area (Å²) in [5, 5.41) is 3.90. The lowest BCUT2D eigenvalue weighted by molar-refractivity contribution is -0.105. The Morgan fingerprint density at radius 2 is 2.55 bits per heavy atom. The monoisotopic (exact) mass is 148 g/mol. The molecule has 0 radical (unpaired) electrons. The van der Waals surface area contributed by atoms with Crippen LogP contribution in [0.5, 0.6) is 0 Å². The van der Waals surface area contributed by atoms with Gasteiger partial charge in [0, 0.05) is 17.7 Å². The molecule has 2 atom stereocenters. The molecule has 2 unspecified atom stereocenters. The molecule has 11 heavy (non-hydrogen) atoms. The highest BCUT2D eigenvalue weighted by Crippen LogP contribution is 2.20. The number of nitrogens with one attached hydrogen (secondary N) is 1. The zero-order valence-corrected chi connectivity index (χ0v) is 5.90. The molecule has 3 heteroatoms. The van der Waals surface area contributed by atoms with E-state index in [0.29, 0.717) is 0 Å². The lowest BCUT2D eigenvalue weighted by Crippen LogP contribution is -2.28. The third-order valence-electron chi connectivity index (χ3n) is 1.97. The average molecular weight is 148 g/mol. The summed E-state index contributed by atoms with van der Waals surface area (Å²) in [5.41, 5.74) is 3.70. The Bertz CT molecular complexity index is 265. The van der Waals surface area contributed by atoms with Crippen LogP contribution < -0.4 is 5.43 Å². The molecule has 0 aromatic rings. The molecule has 0 fully saturated rings. The van der Waals surface area contributed by atoms with E-state index < -0.39 is 0 Å². The number of nitrogens with zero attached hydrogens (tertiary/aromatic N) is 1. The molecule has 1 N–H and O–H groups in total. The van der Waals surface area contributed by atoms with Crippen LogP contribution in [0.3, 0.4) is 0 Å². The van der Waals surface area contributed by atoms with Gasteiger partial charge in [0.2, 0.25) is 0 Å². The molecule has 0 aromatic heterocycles. The Kier molecular flexibility index (Phi) is 1.35. The second kappa shape index (κ2) is 2.34. The average Bonchev–Trinajstić information content (AvgIpc) is 2.50. The highest BCUT2D eigenvalue weighted by atomic mass is 16.1. The summed E-state index contributed by atoms with van der Waals surface area (Å²) in [6.07, 6.45) is 8.37. The fourth-order valence-electron chi connectivity index (χ4n) is 1.35. The molecular weight excluding hydrogens is 140 g/mol. The number of hydrogen-bond donors (Lipinski definition) is 1. The number of aldehydes is 1.